The molecule has 68 valence electrons. The Labute approximate surface area is 71.0 Å². The van der Waals surface area contributed by atoms with Gasteiger partial charge < -0.3 is 5.32 Å². The largest absolute Gasteiger partial charge is 0.354 e. The SMILES string of the molecule is CCCNc1nn(C)c(=O)n1C. The van der Waals surface area contributed by atoms with Gasteiger partial charge in [-0.05, 0) is 6.42 Å². The first kappa shape index (κ1) is 8.83. The van der Waals surface area contributed by atoms with Crippen LogP contribution in [0.3, 0.4) is 0 Å². The lowest BCUT2D eigenvalue weighted by Crippen LogP contribution is -2.20. The van der Waals surface area contributed by atoms with Gasteiger partial charge in [0.1, 0.15) is 0 Å². The summed E-state index contributed by atoms with van der Waals surface area (Å²) in [4.78, 5) is 11.2. The topological polar surface area (TPSA) is 51.9 Å². The summed E-state index contributed by atoms with van der Waals surface area (Å²) >= 11 is 0. The second-order valence-corrected chi connectivity index (χ2v) is 2.72. The molecule has 1 aromatic heterocycles. The molecule has 12 heavy (non-hydrogen) atoms. The third-order valence-electron chi connectivity index (χ3n) is 1.66. The van der Waals surface area contributed by atoms with E-state index in [0.29, 0.717) is 5.95 Å². The Hall–Kier alpha value is -1.26. The predicted molar refractivity (Wildman–Crippen MR) is 47.2 cm³/mol. The van der Waals surface area contributed by atoms with Crippen molar-refractivity contribution in [3.05, 3.63) is 10.5 Å². The predicted octanol–water partition coefficient (Wildman–Crippen LogP) is -0.0593. The third-order valence-corrected chi connectivity index (χ3v) is 1.66. The van der Waals surface area contributed by atoms with E-state index in [4.69, 9.17) is 0 Å². The van der Waals surface area contributed by atoms with Crippen molar-refractivity contribution in [3.8, 4) is 0 Å². The molecule has 0 saturated heterocycles. The fourth-order valence-corrected chi connectivity index (χ4v) is 0.950. The summed E-state index contributed by atoms with van der Waals surface area (Å²) in [5, 5.41) is 7.06. The molecule has 0 amide bonds. The quantitative estimate of drug-likeness (QED) is 0.691. The van der Waals surface area contributed by atoms with Crippen LogP contribution in [0.4, 0.5) is 5.95 Å². The number of rotatable bonds is 3. The number of nitrogens with zero attached hydrogens (tertiary/aromatic N) is 3. The molecule has 0 aliphatic rings. The van der Waals surface area contributed by atoms with Crippen LogP contribution >= 0.6 is 0 Å². The Kier molecular flexibility index (Phi) is 2.52. The zero-order valence-corrected chi connectivity index (χ0v) is 7.66. The summed E-state index contributed by atoms with van der Waals surface area (Å²) in [5.41, 5.74) is -0.103. The van der Waals surface area contributed by atoms with Crippen molar-refractivity contribution in [1.29, 1.82) is 0 Å². The zero-order valence-electron chi connectivity index (χ0n) is 7.66. The van der Waals surface area contributed by atoms with Crippen molar-refractivity contribution in [1.82, 2.24) is 14.3 Å². The number of aryl methyl sites for hydroxylation is 1. The van der Waals surface area contributed by atoms with E-state index in [0.717, 1.165) is 13.0 Å². The van der Waals surface area contributed by atoms with Crippen LogP contribution < -0.4 is 11.0 Å². The lowest BCUT2D eigenvalue weighted by atomic mass is 10.5. The number of hydrogen-bond donors (Lipinski definition) is 1. The van der Waals surface area contributed by atoms with E-state index in [1.165, 1.54) is 9.25 Å². The second-order valence-electron chi connectivity index (χ2n) is 2.72. The van der Waals surface area contributed by atoms with Crippen molar-refractivity contribution in [2.75, 3.05) is 11.9 Å². The van der Waals surface area contributed by atoms with Crippen LogP contribution in [0.15, 0.2) is 4.79 Å². The molecule has 1 aromatic rings. The molecule has 1 N–H and O–H groups in total. The van der Waals surface area contributed by atoms with Crippen LogP contribution in [0.5, 0.6) is 0 Å². The molecule has 0 aromatic carbocycles. The van der Waals surface area contributed by atoms with Crippen molar-refractivity contribution in [3.63, 3.8) is 0 Å². The molecule has 0 aliphatic heterocycles. The van der Waals surface area contributed by atoms with Crippen LogP contribution in [0.25, 0.3) is 0 Å². The van der Waals surface area contributed by atoms with Crippen LogP contribution in [-0.4, -0.2) is 20.9 Å². The average molecular weight is 170 g/mol. The summed E-state index contributed by atoms with van der Waals surface area (Å²) in [6.45, 7) is 2.90. The van der Waals surface area contributed by atoms with Crippen LogP contribution in [0, 0.1) is 0 Å². The highest BCUT2D eigenvalue weighted by Crippen LogP contribution is 1.95. The van der Waals surface area contributed by atoms with Gasteiger partial charge in [0, 0.05) is 20.6 Å². The van der Waals surface area contributed by atoms with Gasteiger partial charge >= 0.3 is 5.69 Å². The Bertz CT molecular complexity index is 312. The highest BCUT2D eigenvalue weighted by atomic mass is 16.2. The zero-order chi connectivity index (χ0) is 9.14. The van der Waals surface area contributed by atoms with Gasteiger partial charge in [-0.2, -0.15) is 0 Å². The van der Waals surface area contributed by atoms with Crippen molar-refractivity contribution < 1.29 is 0 Å². The first-order valence-corrected chi connectivity index (χ1v) is 4.00. The van der Waals surface area contributed by atoms with E-state index in [1.54, 1.807) is 14.1 Å². The highest BCUT2D eigenvalue weighted by molar-refractivity contribution is 5.22. The van der Waals surface area contributed by atoms with Crippen LogP contribution in [0.2, 0.25) is 0 Å². The molecule has 0 atom stereocenters. The molecule has 1 rings (SSSR count). The molecule has 0 fully saturated rings. The van der Waals surface area contributed by atoms with E-state index in [1.807, 2.05) is 0 Å². The number of hydrogen-bond acceptors (Lipinski definition) is 3. The van der Waals surface area contributed by atoms with Gasteiger partial charge in [-0.25, -0.2) is 9.48 Å². The third kappa shape index (κ3) is 1.49. The van der Waals surface area contributed by atoms with Crippen LogP contribution in [0.1, 0.15) is 13.3 Å². The first-order chi connectivity index (χ1) is 5.66. The van der Waals surface area contributed by atoms with Crippen molar-refractivity contribution in [2.45, 2.75) is 13.3 Å². The first-order valence-electron chi connectivity index (χ1n) is 4.00. The summed E-state index contributed by atoms with van der Waals surface area (Å²) < 4.78 is 2.81. The standard InChI is InChI=1S/C7H14N4O/c1-4-5-8-6-9-11(3)7(12)10(6)2/h4-5H2,1-3H3,(H,8,9). The Morgan fingerprint density at radius 1 is 1.50 bits per heavy atom. The Morgan fingerprint density at radius 2 is 2.17 bits per heavy atom. The maximum atomic E-state index is 11.2. The fraction of sp³-hybridized carbons (Fsp3) is 0.714. The van der Waals surface area contributed by atoms with Gasteiger partial charge in [0.15, 0.2) is 0 Å². The summed E-state index contributed by atoms with van der Waals surface area (Å²) in [6, 6.07) is 0. The molecule has 0 saturated carbocycles. The van der Waals surface area contributed by atoms with E-state index in [9.17, 15) is 4.79 Å². The van der Waals surface area contributed by atoms with Gasteiger partial charge in [-0.15, -0.1) is 5.10 Å². The lowest BCUT2D eigenvalue weighted by molar-refractivity contribution is 0.714. The molecular weight excluding hydrogens is 156 g/mol. The molecule has 0 aliphatic carbocycles. The van der Waals surface area contributed by atoms with Crippen LogP contribution in [-0.2, 0) is 14.1 Å². The highest BCUT2D eigenvalue weighted by Gasteiger charge is 2.04. The minimum Gasteiger partial charge on any atom is -0.354 e. The molecule has 0 spiro atoms. The van der Waals surface area contributed by atoms with E-state index in [2.05, 4.69) is 17.3 Å². The van der Waals surface area contributed by atoms with Gasteiger partial charge in [-0.3, -0.25) is 4.57 Å². The Morgan fingerprint density at radius 3 is 2.58 bits per heavy atom. The van der Waals surface area contributed by atoms with Gasteiger partial charge in [0.25, 0.3) is 0 Å². The lowest BCUT2D eigenvalue weighted by Gasteiger charge is -2.00. The van der Waals surface area contributed by atoms with E-state index in [-0.39, 0.29) is 5.69 Å². The molecule has 0 radical (unpaired) electrons. The van der Waals surface area contributed by atoms with Gasteiger partial charge in [-0.1, -0.05) is 6.92 Å². The number of aromatic nitrogens is 3. The molecule has 0 unspecified atom stereocenters. The van der Waals surface area contributed by atoms with Crippen molar-refractivity contribution in [2.24, 2.45) is 14.1 Å². The molecular formula is C7H14N4O. The van der Waals surface area contributed by atoms with Gasteiger partial charge in [0.05, 0.1) is 0 Å². The van der Waals surface area contributed by atoms with Gasteiger partial charge in [0.2, 0.25) is 5.95 Å². The second kappa shape index (κ2) is 3.42. The fourth-order valence-electron chi connectivity index (χ4n) is 0.950. The summed E-state index contributed by atoms with van der Waals surface area (Å²) in [5.74, 6) is 0.629. The maximum absolute atomic E-state index is 11.2. The summed E-state index contributed by atoms with van der Waals surface area (Å²) in [7, 11) is 3.34. The number of nitrogens with one attached hydrogen (secondary N) is 1. The average Bonchev–Trinajstić information content (AvgIpc) is 2.30. The van der Waals surface area contributed by atoms with Crippen molar-refractivity contribution >= 4 is 5.95 Å². The molecule has 5 nitrogen and oxygen atoms in total. The molecule has 1 heterocycles. The molecule has 0 bridgehead atoms. The minimum atomic E-state index is -0.103. The van der Waals surface area contributed by atoms with E-state index < -0.39 is 0 Å². The normalized spacial score (nSPS) is 10.2. The van der Waals surface area contributed by atoms with E-state index >= 15 is 0 Å². The monoisotopic (exact) mass is 170 g/mol. The molecule has 5 heteroatoms. The Balaban J connectivity index is 2.86. The summed E-state index contributed by atoms with van der Waals surface area (Å²) in [6.07, 6.45) is 1.02. The smallest absolute Gasteiger partial charge is 0.346 e. The minimum absolute atomic E-state index is 0.103. The maximum Gasteiger partial charge on any atom is 0.346 e. The number of anilines is 1.